The molecule has 0 amide bonds. The van der Waals surface area contributed by atoms with Crippen molar-refractivity contribution >= 4 is 38.6 Å². The molecule has 0 aliphatic heterocycles. The van der Waals surface area contributed by atoms with Crippen LogP contribution in [0, 0.1) is 0 Å². The smallest absolute Gasteiger partial charge is 0.0726 e. The predicted molar refractivity (Wildman–Crippen MR) is 243 cm³/mol. The lowest BCUT2D eigenvalue weighted by Crippen LogP contribution is -2.26. The van der Waals surface area contributed by atoms with Gasteiger partial charge in [0.15, 0.2) is 0 Å². The van der Waals surface area contributed by atoms with Crippen molar-refractivity contribution in [3.63, 3.8) is 0 Å². The lowest BCUT2D eigenvalue weighted by atomic mass is 9.70. The summed E-state index contributed by atoms with van der Waals surface area (Å²) in [6.45, 7) is 0. The fourth-order valence-electron chi connectivity index (χ4n) is 10.2. The molecule has 0 fully saturated rings. The molecule has 0 saturated heterocycles. The number of hydrogen-bond donors (Lipinski definition) is 0. The molecular formula is C57H37N. The summed E-state index contributed by atoms with van der Waals surface area (Å²) in [5.41, 5.74) is 18.4. The third kappa shape index (κ3) is 4.71. The molecule has 1 nitrogen and oxygen atoms in total. The zero-order valence-corrected chi connectivity index (χ0v) is 31.8. The van der Waals surface area contributed by atoms with E-state index in [1.807, 2.05) is 0 Å². The summed E-state index contributed by atoms with van der Waals surface area (Å²) in [7, 11) is 0. The molecule has 0 heterocycles. The van der Waals surface area contributed by atoms with Crippen LogP contribution >= 0.6 is 0 Å². The summed E-state index contributed by atoms with van der Waals surface area (Å²) in [6.07, 6.45) is 0. The van der Waals surface area contributed by atoms with Crippen LogP contribution in [0.1, 0.15) is 22.3 Å². The molecule has 0 N–H and O–H groups in total. The molecule has 12 rings (SSSR count). The maximum Gasteiger partial charge on any atom is 0.0726 e. The van der Waals surface area contributed by atoms with Crippen LogP contribution in [0.15, 0.2) is 224 Å². The second-order valence-corrected chi connectivity index (χ2v) is 15.6. The Labute approximate surface area is 338 Å². The van der Waals surface area contributed by atoms with Crippen molar-refractivity contribution in [3.8, 4) is 44.5 Å². The van der Waals surface area contributed by atoms with Crippen LogP contribution in [0.25, 0.3) is 66.1 Å². The van der Waals surface area contributed by atoms with Gasteiger partial charge in [0.1, 0.15) is 0 Å². The fraction of sp³-hybridized carbons (Fsp3) is 0.0175. The minimum atomic E-state index is -0.418. The molecular weight excluding hydrogens is 699 g/mol. The van der Waals surface area contributed by atoms with Crippen molar-refractivity contribution in [1.82, 2.24) is 0 Å². The average molecular weight is 736 g/mol. The molecule has 0 unspecified atom stereocenters. The van der Waals surface area contributed by atoms with Gasteiger partial charge in [-0.2, -0.15) is 0 Å². The Kier molecular flexibility index (Phi) is 7.21. The highest BCUT2D eigenvalue weighted by Crippen LogP contribution is 2.63. The van der Waals surface area contributed by atoms with Crippen LogP contribution in [0.3, 0.4) is 0 Å². The SMILES string of the molecule is c1ccc(-c2ccc(N(c3ccc(-c4cc5ccccc5c5ccccc45)cc3)c3ccc4c(c3)C3(c5ccccc5-c5ccccc53)c3ccccc3-4)cc2)cc1. The Bertz CT molecular complexity index is 3150. The Balaban J connectivity index is 1.05. The van der Waals surface area contributed by atoms with E-state index >= 15 is 0 Å². The van der Waals surface area contributed by atoms with E-state index in [1.165, 1.54) is 88.3 Å². The Hall–Kier alpha value is -7.48. The number of benzene rings is 10. The molecule has 2 aliphatic rings. The standard InChI is InChI=1S/C57H37N/c1-2-14-38(15-3-1)39-26-30-42(31-27-39)58(43-32-28-40(29-33-43)52-36-41-16-4-5-17-45(41)46-18-6-7-19-47(46)52)44-34-35-51-50-22-10-13-25-55(50)57(56(51)37-44)53-23-11-8-20-48(53)49-21-9-12-24-54(49)57/h1-37H. The first-order valence-corrected chi connectivity index (χ1v) is 20.2. The first-order chi connectivity index (χ1) is 28.8. The molecule has 10 aromatic carbocycles. The summed E-state index contributed by atoms with van der Waals surface area (Å²) in [4.78, 5) is 2.43. The van der Waals surface area contributed by atoms with E-state index in [4.69, 9.17) is 0 Å². The summed E-state index contributed by atoms with van der Waals surface area (Å²) in [6, 6.07) is 83.0. The largest absolute Gasteiger partial charge is 0.310 e. The second kappa shape index (κ2) is 12.8. The van der Waals surface area contributed by atoms with E-state index in [2.05, 4.69) is 229 Å². The van der Waals surface area contributed by atoms with Crippen molar-refractivity contribution in [2.45, 2.75) is 5.41 Å². The summed E-state index contributed by atoms with van der Waals surface area (Å²) >= 11 is 0. The van der Waals surface area contributed by atoms with Crippen molar-refractivity contribution < 1.29 is 0 Å². The second-order valence-electron chi connectivity index (χ2n) is 15.6. The minimum absolute atomic E-state index is 0.418. The fourth-order valence-corrected chi connectivity index (χ4v) is 10.2. The molecule has 270 valence electrons. The number of hydrogen-bond acceptors (Lipinski definition) is 1. The van der Waals surface area contributed by atoms with E-state index < -0.39 is 5.41 Å². The van der Waals surface area contributed by atoms with Gasteiger partial charge in [-0.05, 0) is 131 Å². The highest BCUT2D eigenvalue weighted by atomic mass is 15.1. The summed E-state index contributed by atoms with van der Waals surface area (Å²) in [5.74, 6) is 0. The Morgan fingerprint density at radius 3 is 1.33 bits per heavy atom. The van der Waals surface area contributed by atoms with Crippen LogP contribution in [0.4, 0.5) is 17.1 Å². The number of fused-ring (bicyclic) bond motifs is 13. The van der Waals surface area contributed by atoms with E-state index in [0.29, 0.717) is 0 Å². The predicted octanol–water partition coefficient (Wildman–Crippen LogP) is 15.1. The molecule has 0 radical (unpaired) electrons. The molecule has 0 aromatic heterocycles. The molecule has 1 spiro atoms. The molecule has 2 aliphatic carbocycles. The van der Waals surface area contributed by atoms with E-state index in [9.17, 15) is 0 Å². The molecule has 0 atom stereocenters. The Morgan fingerprint density at radius 2 is 0.707 bits per heavy atom. The van der Waals surface area contributed by atoms with Crippen molar-refractivity contribution in [2.75, 3.05) is 4.90 Å². The molecule has 0 bridgehead atoms. The quantitative estimate of drug-likeness (QED) is 0.159. The van der Waals surface area contributed by atoms with Crippen LogP contribution in [0.2, 0.25) is 0 Å². The lowest BCUT2D eigenvalue weighted by Gasteiger charge is -2.32. The topological polar surface area (TPSA) is 3.24 Å². The van der Waals surface area contributed by atoms with Crippen molar-refractivity contribution in [2.24, 2.45) is 0 Å². The zero-order chi connectivity index (χ0) is 38.2. The number of rotatable bonds is 5. The highest BCUT2D eigenvalue weighted by Gasteiger charge is 2.51. The number of nitrogens with zero attached hydrogens (tertiary/aromatic N) is 1. The minimum Gasteiger partial charge on any atom is -0.310 e. The highest BCUT2D eigenvalue weighted by molar-refractivity contribution is 6.13. The molecule has 58 heavy (non-hydrogen) atoms. The van der Waals surface area contributed by atoms with Gasteiger partial charge in [0.25, 0.3) is 0 Å². The van der Waals surface area contributed by atoms with Crippen LogP contribution < -0.4 is 4.90 Å². The lowest BCUT2D eigenvalue weighted by molar-refractivity contribution is 0.793. The van der Waals surface area contributed by atoms with Gasteiger partial charge in [-0.25, -0.2) is 0 Å². The average Bonchev–Trinajstić information content (AvgIpc) is 3.77. The van der Waals surface area contributed by atoms with Gasteiger partial charge < -0.3 is 4.90 Å². The van der Waals surface area contributed by atoms with Crippen LogP contribution in [-0.2, 0) is 5.41 Å². The van der Waals surface area contributed by atoms with Crippen molar-refractivity contribution in [1.29, 1.82) is 0 Å². The third-order valence-electron chi connectivity index (χ3n) is 12.7. The maximum absolute atomic E-state index is 2.48. The van der Waals surface area contributed by atoms with Crippen molar-refractivity contribution in [3.05, 3.63) is 247 Å². The maximum atomic E-state index is 2.48. The van der Waals surface area contributed by atoms with Gasteiger partial charge in [-0.15, -0.1) is 0 Å². The van der Waals surface area contributed by atoms with Gasteiger partial charge in [0.05, 0.1) is 5.41 Å². The van der Waals surface area contributed by atoms with E-state index in [0.717, 1.165) is 17.1 Å². The molecule has 10 aromatic rings. The zero-order valence-electron chi connectivity index (χ0n) is 31.8. The van der Waals surface area contributed by atoms with Crippen LogP contribution in [-0.4, -0.2) is 0 Å². The van der Waals surface area contributed by atoms with Gasteiger partial charge in [0, 0.05) is 17.1 Å². The molecule has 1 heteroatoms. The third-order valence-corrected chi connectivity index (χ3v) is 12.7. The Morgan fingerprint density at radius 1 is 0.259 bits per heavy atom. The van der Waals surface area contributed by atoms with Gasteiger partial charge in [0.2, 0.25) is 0 Å². The van der Waals surface area contributed by atoms with E-state index in [1.54, 1.807) is 0 Å². The number of anilines is 3. The monoisotopic (exact) mass is 735 g/mol. The van der Waals surface area contributed by atoms with Gasteiger partial charge >= 0.3 is 0 Å². The molecule has 0 saturated carbocycles. The summed E-state index contributed by atoms with van der Waals surface area (Å²) < 4.78 is 0. The van der Waals surface area contributed by atoms with Crippen LogP contribution in [0.5, 0.6) is 0 Å². The normalized spacial score (nSPS) is 13.0. The van der Waals surface area contributed by atoms with Gasteiger partial charge in [-0.3, -0.25) is 0 Å². The van der Waals surface area contributed by atoms with E-state index in [-0.39, 0.29) is 0 Å². The first kappa shape index (κ1) is 32.7. The first-order valence-electron chi connectivity index (χ1n) is 20.2. The summed E-state index contributed by atoms with van der Waals surface area (Å²) in [5, 5.41) is 5.09. The van der Waals surface area contributed by atoms with Gasteiger partial charge in [-0.1, -0.05) is 182 Å².